The fourth-order valence-electron chi connectivity index (χ4n) is 3.92. The van der Waals surface area contributed by atoms with E-state index in [2.05, 4.69) is 6.92 Å². The molecule has 0 aliphatic rings. The molecule has 36 heavy (non-hydrogen) atoms. The highest BCUT2D eigenvalue weighted by Crippen LogP contribution is 2.37. The Morgan fingerprint density at radius 3 is 1.81 bits per heavy atom. The maximum absolute atomic E-state index is 13.7. The van der Waals surface area contributed by atoms with Crippen molar-refractivity contribution < 1.29 is 33.1 Å². The number of methoxy groups -OCH3 is 3. The second-order valence-electron chi connectivity index (χ2n) is 8.26. The third kappa shape index (κ3) is 9.69. The van der Waals surface area contributed by atoms with Crippen molar-refractivity contribution in [2.45, 2.75) is 64.2 Å². The molecule has 200 valence electrons. The van der Waals surface area contributed by atoms with Crippen molar-refractivity contribution in [3.63, 3.8) is 0 Å². The van der Waals surface area contributed by atoms with E-state index in [4.69, 9.17) is 23.5 Å². The van der Waals surface area contributed by atoms with Crippen LogP contribution in [0.5, 0.6) is 17.2 Å². The summed E-state index contributed by atoms with van der Waals surface area (Å²) < 4.78 is 30.0. The lowest BCUT2D eigenvalue weighted by molar-refractivity contribution is -0.144. The van der Waals surface area contributed by atoms with Crippen molar-refractivity contribution in [3.8, 4) is 17.2 Å². The van der Waals surface area contributed by atoms with Gasteiger partial charge in [-0.3, -0.25) is 9.59 Å². The molecular formula is C28H41O7P. The first-order valence-electron chi connectivity index (χ1n) is 12.4. The lowest BCUT2D eigenvalue weighted by Gasteiger charge is -2.19. The van der Waals surface area contributed by atoms with Gasteiger partial charge in [0.15, 0.2) is 5.78 Å². The molecule has 7 nitrogen and oxygen atoms in total. The van der Waals surface area contributed by atoms with Gasteiger partial charge in [0.05, 0.1) is 37.1 Å². The topological polar surface area (TPSA) is 88.1 Å². The number of hydrogen-bond acceptors (Lipinski definition) is 7. The number of rotatable bonds is 16. The van der Waals surface area contributed by atoms with Gasteiger partial charge >= 0.3 is 5.97 Å². The van der Waals surface area contributed by atoms with Crippen LogP contribution in [0.4, 0.5) is 0 Å². The van der Waals surface area contributed by atoms with Crippen molar-refractivity contribution >= 4 is 20.9 Å². The number of benzene rings is 2. The predicted octanol–water partition coefficient (Wildman–Crippen LogP) is 6.30. The van der Waals surface area contributed by atoms with Crippen LogP contribution in [0.15, 0.2) is 42.5 Å². The fraction of sp³-hybridized carbons (Fsp3) is 0.500. The van der Waals surface area contributed by atoms with E-state index in [0.717, 1.165) is 19.3 Å². The molecule has 0 amide bonds. The van der Waals surface area contributed by atoms with Crippen LogP contribution in [0.1, 0.15) is 80.1 Å². The van der Waals surface area contributed by atoms with E-state index in [1.54, 1.807) is 36.4 Å². The highest BCUT2D eigenvalue weighted by molar-refractivity contribution is 7.00. The van der Waals surface area contributed by atoms with Gasteiger partial charge < -0.3 is 23.5 Å². The smallest absolute Gasteiger partial charge is 0.321 e. The van der Waals surface area contributed by atoms with Crippen LogP contribution in [0, 0.1) is 0 Å². The molecule has 0 bridgehead atoms. The van der Waals surface area contributed by atoms with Crippen LogP contribution in [0.2, 0.25) is 0 Å². The Balaban J connectivity index is 0.00000316. The lowest BCUT2D eigenvalue weighted by atomic mass is 9.89. The van der Waals surface area contributed by atoms with Gasteiger partial charge in [-0.1, -0.05) is 82.2 Å². The number of carbonyl (C=O) groups is 2. The van der Waals surface area contributed by atoms with Crippen molar-refractivity contribution in [2.24, 2.45) is 0 Å². The van der Waals surface area contributed by atoms with E-state index < -0.39 is 17.7 Å². The van der Waals surface area contributed by atoms with Gasteiger partial charge in [-0.05, 0) is 12.0 Å². The second kappa shape index (κ2) is 18.5. The average Bonchev–Trinajstić information content (AvgIpc) is 2.93. The molecule has 0 heterocycles. The number of Topliss-reactive ketones (excluding diaryl/α,β-unsaturated/α-hetero) is 1. The van der Waals surface area contributed by atoms with Crippen molar-refractivity contribution in [1.29, 1.82) is 0 Å². The SMILES string of the molecule is CCCCCCCCCCOC(=O)C(C(=O)c1c(OC)cc(OC)cc1OC)c1ccccc1.O=[PH3]. The van der Waals surface area contributed by atoms with Gasteiger partial charge in [-0.25, -0.2) is 0 Å². The maximum Gasteiger partial charge on any atom is 0.321 e. The molecule has 0 aliphatic carbocycles. The molecule has 2 aromatic rings. The zero-order valence-electron chi connectivity index (χ0n) is 22.0. The number of carbonyl (C=O) groups excluding carboxylic acids is 2. The van der Waals surface area contributed by atoms with Crippen LogP contribution in [-0.2, 0) is 14.1 Å². The van der Waals surface area contributed by atoms with Crippen molar-refractivity contribution in [2.75, 3.05) is 27.9 Å². The fourth-order valence-corrected chi connectivity index (χ4v) is 3.92. The zero-order valence-corrected chi connectivity index (χ0v) is 23.5. The first-order valence-corrected chi connectivity index (χ1v) is 13.0. The van der Waals surface area contributed by atoms with E-state index in [0.29, 0.717) is 27.0 Å². The molecule has 8 heteroatoms. The molecule has 2 atom stereocenters. The minimum atomic E-state index is -1.12. The van der Waals surface area contributed by atoms with E-state index in [1.807, 2.05) is 6.07 Å². The molecule has 0 N–H and O–H groups in total. The molecule has 2 aromatic carbocycles. The summed E-state index contributed by atoms with van der Waals surface area (Å²) in [7, 11) is 5.05. The number of ketones is 1. The Morgan fingerprint density at radius 1 is 0.778 bits per heavy atom. The van der Waals surface area contributed by atoms with E-state index in [1.165, 1.54) is 53.4 Å². The molecule has 0 saturated carbocycles. The quantitative estimate of drug-likeness (QED) is 0.0843. The normalized spacial score (nSPS) is 11.1. The number of esters is 1. The Hall–Kier alpha value is -2.79. The summed E-state index contributed by atoms with van der Waals surface area (Å²) in [6, 6.07) is 12.1. The Bertz CT molecular complexity index is 892. The molecule has 0 aromatic heterocycles. The zero-order chi connectivity index (χ0) is 26.8. The van der Waals surface area contributed by atoms with Gasteiger partial charge in [-0.15, -0.1) is 0 Å². The second-order valence-corrected chi connectivity index (χ2v) is 8.26. The van der Waals surface area contributed by atoms with E-state index in [9.17, 15) is 9.59 Å². The number of hydrogen-bond donors (Lipinski definition) is 0. The molecule has 0 radical (unpaired) electrons. The number of ether oxygens (including phenoxy) is 4. The Kier molecular flexibility index (Phi) is 16.0. The summed E-state index contributed by atoms with van der Waals surface area (Å²) in [4.78, 5) is 26.8. The third-order valence-electron chi connectivity index (χ3n) is 5.83. The van der Waals surface area contributed by atoms with E-state index >= 15 is 0 Å². The molecule has 2 rings (SSSR count). The summed E-state index contributed by atoms with van der Waals surface area (Å²) in [5, 5.41) is 0. The van der Waals surface area contributed by atoms with E-state index in [-0.39, 0.29) is 17.1 Å². The third-order valence-corrected chi connectivity index (χ3v) is 5.83. The van der Waals surface area contributed by atoms with Crippen LogP contribution in [-0.4, -0.2) is 39.7 Å². The molecule has 0 fully saturated rings. The van der Waals surface area contributed by atoms with Gasteiger partial charge in [-0.2, -0.15) is 0 Å². The van der Waals surface area contributed by atoms with Crippen LogP contribution < -0.4 is 14.2 Å². The highest BCUT2D eigenvalue weighted by atomic mass is 31.0. The van der Waals surface area contributed by atoms with Gasteiger partial charge in [0.2, 0.25) is 0 Å². The van der Waals surface area contributed by atoms with Crippen molar-refractivity contribution in [3.05, 3.63) is 53.6 Å². The Labute approximate surface area is 217 Å². The maximum atomic E-state index is 13.7. The molecule has 2 unspecified atom stereocenters. The summed E-state index contributed by atoms with van der Waals surface area (Å²) in [5.41, 5.74) is 0.747. The van der Waals surface area contributed by atoms with Crippen LogP contribution >= 0.6 is 9.12 Å². The largest absolute Gasteiger partial charge is 0.496 e. The first-order chi connectivity index (χ1) is 17.6. The Morgan fingerprint density at radius 2 is 1.31 bits per heavy atom. The minimum absolute atomic E-state index is 0.184. The van der Waals surface area contributed by atoms with Gasteiger partial charge in [0, 0.05) is 12.1 Å². The molecule has 0 saturated heterocycles. The van der Waals surface area contributed by atoms with Crippen LogP contribution in [0.3, 0.4) is 0 Å². The molecule has 0 aliphatic heterocycles. The minimum Gasteiger partial charge on any atom is -0.496 e. The summed E-state index contributed by atoms with van der Waals surface area (Å²) >= 11 is 0. The van der Waals surface area contributed by atoms with Crippen molar-refractivity contribution in [1.82, 2.24) is 0 Å². The summed E-state index contributed by atoms with van der Waals surface area (Å²) in [6.45, 7) is 2.50. The monoisotopic (exact) mass is 520 g/mol. The average molecular weight is 521 g/mol. The molecule has 0 spiro atoms. The van der Waals surface area contributed by atoms with Gasteiger partial charge in [0.25, 0.3) is 0 Å². The first kappa shape index (κ1) is 31.2. The summed E-state index contributed by atoms with van der Waals surface area (Å²) in [6.07, 6.45) is 9.18. The highest BCUT2D eigenvalue weighted by Gasteiger charge is 2.35. The van der Waals surface area contributed by atoms with Crippen LogP contribution in [0.25, 0.3) is 0 Å². The summed E-state index contributed by atoms with van der Waals surface area (Å²) in [5.74, 6) is -1.09. The number of unbranched alkanes of at least 4 members (excludes halogenated alkanes) is 7. The lowest BCUT2D eigenvalue weighted by Crippen LogP contribution is -2.25. The van der Waals surface area contributed by atoms with Gasteiger partial charge in [0.1, 0.15) is 28.7 Å². The molecular weight excluding hydrogens is 479 g/mol. The predicted molar refractivity (Wildman–Crippen MR) is 145 cm³/mol. The standard InChI is InChI=1S/C28H38O6.H3OP/c1-5-6-7-8-9-10-11-15-18-34-28(30)25(21-16-13-12-14-17-21)27(29)26-23(32-3)19-22(31-2)20-24(26)33-4;1-2/h12-14,16-17,19-20,25H,5-11,15,18H2,1-4H3;2H3.